The third kappa shape index (κ3) is 6.42. The van der Waals surface area contributed by atoms with Gasteiger partial charge in [0, 0.05) is 6.54 Å². The summed E-state index contributed by atoms with van der Waals surface area (Å²) >= 11 is 16.8. The molecular formula is C18H23Cl3N2O6. The van der Waals surface area contributed by atoms with Crippen LogP contribution in [0.2, 0.25) is 0 Å². The van der Waals surface area contributed by atoms with Crippen LogP contribution in [0.1, 0.15) is 49.4 Å². The van der Waals surface area contributed by atoms with Crippen LogP contribution in [0.3, 0.4) is 0 Å². The number of ether oxygens (including phenoxy) is 3. The second kappa shape index (κ2) is 9.02. The molecule has 1 aliphatic rings. The van der Waals surface area contributed by atoms with Gasteiger partial charge in [0.25, 0.3) is 0 Å². The Morgan fingerprint density at radius 2 is 1.76 bits per heavy atom. The minimum Gasteiger partial charge on any atom is -0.461 e. The van der Waals surface area contributed by atoms with Gasteiger partial charge in [-0.2, -0.15) is 0 Å². The van der Waals surface area contributed by atoms with Gasteiger partial charge in [-0.15, -0.1) is 0 Å². The van der Waals surface area contributed by atoms with E-state index >= 15 is 0 Å². The van der Waals surface area contributed by atoms with Gasteiger partial charge >= 0.3 is 18.2 Å². The predicted octanol–water partition coefficient (Wildman–Crippen LogP) is 4.31. The maximum atomic E-state index is 12.8. The number of halogens is 3. The number of hydrogen-bond acceptors (Lipinski definition) is 6. The van der Waals surface area contributed by atoms with Crippen LogP contribution in [0.4, 0.5) is 9.59 Å². The van der Waals surface area contributed by atoms with Gasteiger partial charge in [-0.05, 0) is 45.7 Å². The second-order valence-corrected chi connectivity index (χ2v) is 9.90. The van der Waals surface area contributed by atoms with Crippen molar-refractivity contribution in [3.05, 3.63) is 23.0 Å². The molecular weight excluding hydrogens is 447 g/mol. The molecule has 8 nitrogen and oxygen atoms in total. The van der Waals surface area contributed by atoms with Gasteiger partial charge < -0.3 is 19.1 Å². The van der Waals surface area contributed by atoms with Gasteiger partial charge in [-0.3, -0.25) is 0 Å². The number of hydrogen-bond donors (Lipinski definition) is 0. The molecule has 0 saturated heterocycles. The zero-order chi connectivity index (χ0) is 22.0. The molecule has 0 saturated carbocycles. The van der Waals surface area contributed by atoms with Gasteiger partial charge in [0.15, 0.2) is 0 Å². The molecule has 0 radical (unpaired) electrons. The number of nitrogens with zero attached hydrogens (tertiary/aromatic N) is 2. The fraction of sp³-hybridized carbons (Fsp3) is 0.611. The maximum absolute atomic E-state index is 12.8. The van der Waals surface area contributed by atoms with E-state index < -0.39 is 34.2 Å². The third-order valence-electron chi connectivity index (χ3n) is 3.86. The van der Waals surface area contributed by atoms with Crippen LogP contribution in [0.25, 0.3) is 0 Å². The molecule has 0 fully saturated rings. The van der Waals surface area contributed by atoms with Crippen molar-refractivity contribution in [3.8, 4) is 0 Å². The molecule has 1 aromatic heterocycles. The Bertz CT molecular complexity index is 795. The summed E-state index contributed by atoms with van der Waals surface area (Å²) in [6.07, 6.45) is -1.03. The fourth-order valence-electron chi connectivity index (χ4n) is 2.77. The Morgan fingerprint density at radius 3 is 2.31 bits per heavy atom. The molecule has 1 aromatic rings. The average molecular weight is 470 g/mol. The van der Waals surface area contributed by atoms with Crippen molar-refractivity contribution in [1.82, 2.24) is 9.47 Å². The lowest BCUT2D eigenvalue weighted by atomic mass is 10.1. The van der Waals surface area contributed by atoms with Crippen LogP contribution < -0.4 is 0 Å². The Morgan fingerprint density at radius 1 is 1.10 bits per heavy atom. The molecule has 0 unspecified atom stereocenters. The average Bonchev–Trinajstić information content (AvgIpc) is 2.96. The molecule has 2 rings (SSSR count). The van der Waals surface area contributed by atoms with Crippen LogP contribution in [0.5, 0.6) is 0 Å². The highest BCUT2D eigenvalue weighted by Crippen LogP contribution is 2.28. The van der Waals surface area contributed by atoms with E-state index in [1.54, 1.807) is 33.8 Å². The number of carbonyl (C=O) groups excluding carboxylic acids is 3. The van der Waals surface area contributed by atoms with E-state index in [9.17, 15) is 14.4 Å². The zero-order valence-electron chi connectivity index (χ0n) is 16.6. The molecule has 1 aliphatic heterocycles. The van der Waals surface area contributed by atoms with E-state index in [1.807, 2.05) is 0 Å². The van der Waals surface area contributed by atoms with Crippen LogP contribution in [0.15, 0.2) is 6.07 Å². The highest BCUT2D eigenvalue weighted by molar-refractivity contribution is 6.67. The molecule has 0 spiro atoms. The van der Waals surface area contributed by atoms with E-state index in [0.717, 1.165) is 10.1 Å². The first kappa shape index (κ1) is 23.6. The quantitative estimate of drug-likeness (QED) is 0.372. The Labute approximate surface area is 183 Å². The lowest BCUT2D eigenvalue weighted by Gasteiger charge is -2.28. The lowest BCUT2D eigenvalue weighted by Crippen LogP contribution is -2.39. The van der Waals surface area contributed by atoms with E-state index in [1.165, 1.54) is 4.90 Å². The Hall–Kier alpha value is -1.64. The number of amides is 1. The summed E-state index contributed by atoms with van der Waals surface area (Å²) in [7, 11) is 0. The second-order valence-electron chi connectivity index (χ2n) is 7.38. The first-order valence-corrected chi connectivity index (χ1v) is 10.1. The minimum absolute atomic E-state index is 0.0205. The normalized spacial score (nSPS) is 14.2. The number of esters is 1. The Kier molecular flexibility index (Phi) is 7.35. The number of carbonyl (C=O) groups is 3. The molecule has 162 valence electrons. The van der Waals surface area contributed by atoms with Crippen molar-refractivity contribution < 1.29 is 28.6 Å². The fourth-order valence-corrected chi connectivity index (χ4v) is 2.93. The van der Waals surface area contributed by atoms with Crippen LogP contribution in [0, 0.1) is 0 Å². The van der Waals surface area contributed by atoms with E-state index in [4.69, 9.17) is 49.0 Å². The summed E-state index contributed by atoms with van der Waals surface area (Å²) in [5.74, 6) is -0.655. The SMILES string of the molecule is CCOC(=O)c1cc2c(n1C(=O)OC(C)(C)C)CN(C(=O)OCC(Cl)(Cl)Cl)CC2. The molecule has 11 heteroatoms. The molecule has 0 aromatic carbocycles. The van der Waals surface area contributed by atoms with Gasteiger partial charge in [-0.1, -0.05) is 34.8 Å². The summed E-state index contributed by atoms with van der Waals surface area (Å²) < 4.78 is 14.9. The van der Waals surface area contributed by atoms with Crippen molar-refractivity contribution in [2.24, 2.45) is 0 Å². The van der Waals surface area contributed by atoms with Gasteiger partial charge in [-0.25, -0.2) is 19.0 Å². The molecule has 0 atom stereocenters. The molecule has 0 aliphatic carbocycles. The van der Waals surface area contributed by atoms with Crippen molar-refractivity contribution in [2.75, 3.05) is 19.8 Å². The molecule has 2 heterocycles. The first-order valence-electron chi connectivity index (χ1n) is 8.95. The van der Waals surface area contributed by atoms with Crippen molar-refractivity contribution in [2.45, 2.75) is 50.1 Å². The zero-order valence-corrected chi connectivity index (χ0v) is 18.9. The van der Waals surface area contributed by atoms with E-state index in [0.29, 0.717) is 18.7 Å². The highest BCUT2D eigenvalue weighted by atomic mass is 35.6. The summed E-state index contributed by atoms with van der Waals surface area (Å²) in [6, 6.07) is 1.58. The van der Waals surface area contributed by atoms with E-state index in [2.05, 4.69) is 0 Å². The van der Waals surface area contributed by atoms with Gasteiger partial charge in [0.1, 0.15) is 17.9 Å². The molecule has 29 heavy (non-hydrogen) atoms. The standard InChI is InChI=1S/C18H23Cl3N2O6/c1-5-27-14(24)12-8-11-6-7-22(15(25)28-10-18(19,20)21)9-13(11)23(12)16(26)29-17(2,3)4/h8H,5-7,9-10H2,1-4H3. The minimum atomic E-state index is -1.73. The van der Waals surface area contributed by atoms with E-state index in [-0.39, 0.29) is 18.8 Å². The number of fused-ring (bicyclic) bond motifs is 1. The van der Waals surface area contributed by atoms with Crippen molar-refractivity contribution in [3.63, 3.8) is 0 Å². The monoisotopic (exact) mass is 468 g/mol. The number of rotatable bonds is 3. The lowest BCUT2D eigenvalue weighted by molar-refractivity contribution is 0.0441. The summed E-state index contributed by atoms with van der Waals surface area (Å²) in [5.41, 5.74) is 0.448. The summed E-state index contributed by atoms with van der Waals surface area (Å²) in [4.78, 5) is 38.9. The topological polar surface area (TPSA) is 87.1 Å². The summed E-state index contributed by atoms with van der Waals surface area (Å²) in [6.45, 7) is 6.88. The first-order chi connectivity index (χ1) is 13.3. The largest absolute Gasteiger partial charge is 0.461 e. The Balaban J connectivity index is 2.34. The number of aromatic nitrogens is 1. The molecule has 1 amide bonds. The van der Waals surface area contributed by atoms with Crippen LogP contribution in [-0.4, -0.2) is 56.8 Å². The summed E-state index contributed by atoms with van der Waals surface area (Å²) in [5, 5.41) is 0. The van der Waals surface area contributed by atoms with Gasteiger partial charge in [0.2, 0.25) is 3.79 Å². The molecule has 0 bridgehead atoms. The highest BCUT2D eigenvalue weighted by Gasteiger charge is 2.33. The third-order valence-corrected chi connectivity index (χ3v) is 4.19. The smallest absolute Gasteiger partial charge is 0.419 e. The number of alkyl halides is 3. The maximum Gasteiger partial charge on any atom is 0.419 e. The van der Waals surface area contributed by atoms with Crippen molar-refractivity contribution in [1.29, 1.82) is 0 Å². The van der Waals surface area contributed by atoms with Crippen molar-refractivity contribution >= 4 is 53.0 Å². The van der Waals surface area contributed by atoms with Crippen LogP contribution in [-0.2, 0) is 27.2 Å². The predicted molar refractivity (Wildman–Crippen MR) is 108 cm³/mol. The van der Waals surface area contributed by atoms with Gasteiger partial charge in [0.05, 0.1) is 18.8 Å². The molecule has 0 N–H and O–H groups in total. The van der Waals surface area contributed by atoms with Crippen LogP contribution >= 0.6 is 34.8 Å².